The van der Waals surface area contributed by atoms with E-state index in [1.54, 1.807) is 6.33 Å². The summed E-state index contributed by atoms with van der Waals surface area (Å²) in [5.41, 5.74) is 3.11. The lowest BCUT2D eigenvalue weighted by Gasteiger charge is -2.42. The lowest BCUT2D eigenvalue weighted by Crippen LogP contribution is -2.53. The summed E-state index contributed by atoms with van der Waals surface area (Å²) in [4.78, 5) is 36.8. The molecule has 0 atom stereocenters. The van der Waals surface area contributed by atoms with E-state index in [0.717, 1.165) is 29.4 Å². The van der Waals surface area contributed by atoms with Crippen molar-refractivity contribution in [2.24, 2.45) is 0 Å². The highest BCUT2D eigenvalue weighted by atomic mass is 16.5. The second-order valence-corrected chi connectivity index (χ2v) is 8.44. The van der Waals surface area contributed by atoms with E-state index in [2.05, 4.69) is 9.97 Å². The quantitative estimate of drug-likeness (QED) is 0.709. The Balaban J connectivity index is 1.27. The maximum atomic E-state index is 13.0. The van der Waals surface area contributed by atoms with Gasteiger partial charge >= 0.3 is 0 Å². The van der Waals surface area contributed by atoms with Gasteiger partial charge in [-0.3, -0.25) is 9.59 Å². The van der Waals surface area contributed by atoms with Gasteiger partial charge in [0.15, 0.2) is 0 Å². The second-order valence-electron chi connectivity index (χ2n) is 8.44. The molecule has 0 saturated carbocycles. The van der Waals surface area contributed by atoms with Gasteiger partial charge in [0.25, 0.3) is 5.91 Å². The zero-order valence-corrected chi connectivity index (χ0v) is 17.4. The number of H-pyrrole nitrogens is 1. The van der Waals surface area contributed by atoms with E-state index in [1.807, 2.05) is 58.3 Å². The third-order valence-corrected chi connectivity index (χ3v) is 6.40. The van der Waals surface area contributed by atoms with Crippen LogP contribution < -0.4 is 0 Å². The van der Waals surface area contributed by atoms with Crippen LogP contribution >= 0.6 is 0 Å². The summed E-state index contributed by atoms with van der Waals surface area (Å²) in [6.45, 7) is 2.84. The fraction of sp³-hybridized carbons (Fsp3) is 0.375. The predicted octanol–water partition coefficient (Wildman–Crippen LogP) is 2.99. The summed E-state index contributed by atoms with van der Waals surface area (Å²) < 4.78 is 6.24. The molecule has 7 heteroatoms. The molecule has 0 aliphatic carbocycles. The summed E-state index contributed by atoms with van der Waals surface area (Å²) >= 11 is 0. The topological polar surface area (TPSA) is 78.5 Å². The second kappa shape index (κ2) is 8.15. The predicted molar refractivity (Wildman–Crippen MR) is 116 cm³/mol. The molecule has 0 unspecified atom stereocenters. The molecular weight excluding hydrogens is 392 g/mol. The summed E-state index contributed by atoms with van der Waals surface area (Å²) in [6.07, 6.45) is 3.49. The van der Waals surface area contributed by atoms with Crippen LogP contribution in [0, 0.1) is 0 Å². The number of nitrogens with one attached hydrogen (secondary N) is 1. The smallest absolute Gasteiger partial charge is 0.253 e. The van der Waals surface area contributed by atoms with Crippen molar-refractivity contribution < 1.29 is 14.3 Å². The van der Waals surface area contributed by atoms with Crippen molar-refractivity contribution in [1.29, 1.82) is 0 Å². The van der Waals surface area contributed by atoms with Gasteiger partial charge in [0.1, 0.15) is 0 Å². The number of rotatable bonds is 3. The van der Waals surface area contributed by atoms with Gasteiger partial charge in [-0.05, 0) is 36.6 Å². The molecular formula is C24H26N4O3. The van der Waals surface area contributed by atoms with Gasteiger partial charge in [0, 0.05) is 25.2 Å². The van der Waals surface area contributed by atoms with Crippen LogP contribution in [-0.4, -0.2) is 63.4 Å². The van der Waals surface area contributed by atoms with Crippen molar-refractivity contribution in [3.63, 3.8) is 0 Å². The fourth-order valence-corrected chi connectivity index (χ4v) is 4.61. The van der Waals surface area contributed by atoms with Crippen LogP contribution in [0.2, 0.25) is 0 Å². The molecule has 1 spiro atoms. The van der Waals surface area contributed by atoms with Crippen molar-refractivity contribution >= 4 is 22.8 Å². The van der Waals surface area contributed by atoms with Gasteiger partial charge in [-0.2, -0.15) is 0 Å². The summed E-state index contributed by atoms with van der Waals surface area (Å²) in [7, 11) is 0. The number of carbonyl (C=O) groups is 2. The Morgan fingerprint density at radius 2 is 1.94 bits per heavy atom. The number of benzene rings is 2. The normalized spacial score (nSPS) is 19.0. The van der Waals surface area contributed by atoms with Gasteiger partial charge < -0.3 is 19.5 Å². The average molecular weight is 418 g/mol. The van der Waals surface area contributed by atoms with E-state index in [9.17, 15) is 9.59 Å². The fourth-order valence-electron chi connectivity index (χ4n) is 4.61. The number of likely N-dealkylation sites (tertiary alicyclic amines) is 1. The Morgan fingerprint density at radius 1 is 1.13 bits per heavy atom. The number of ether oxygens (including phenoxy) is 1. The lowest BCUT2D eigenvalue weighted by atomic mass is 9.90. The number of aromatic nitrogens is 2. The summed E-state index contributed by atoms with van der Waals surface area (Å²) in [5, 5.41) is 0. The highest BCUT2D eigenvalue weighted by Crippen LogP contribution is 2.31. The molecule has 3 heterocycles. The third kappa shape index (κ3) is 4.05. The standard InChI is InChI=1S/C24H26N4O3/c29-22-8-13-31-24(16-28(22)15-18-4-2-1-3-5-18)9-11-27(12-10-24)23(30)19-6-7-20-21(14-19)26-17-25-20/h1-7,14,17H,8-13,15-16H2,(H,25,26). The van der Waals surface area contributed by atoms with Crippen LogP contribution in [0.4, 0.5) is 0 Å². The molecule has 2 amide bonds. The van der Waals surface area contributed by atoms with E-state index in [0.29, 0.717) is 44.8 Å². The van der Waals surface area contributed by atoms with Crippen LogP contribution in [0.15, 0.2) is 54.9 Å². The molecule has 2 saturated heterocycles. The van der Waals surface area contributed by atoms with E-state index in [4.69, 9.17) is 4.74 Å². The number of hydrogen-bond donors (Lipinski definition) is 1. The summed E-state index contributed by atoms with van der Waals surface area (Å²) in [5.74, 6) is 0.157. The molecule has 7 nitrogen and oxygen atoms in total. The molecule has 1 aromatic heterocycles. The minimum Gasteiger partial charge on any atom is -0.372 e. The van der Waals surface area contributed by atoms with Gasteiger partial charge in [-0.1, -0.05) is 30.3 Å². The largest absolute Gasteiger partial charge is 0.372 e. The first-order valence-electron chi connectivity index (χ1n) is 10.8. The molecule has 160 valence electrons. The molecule has 5 rings (SSSR count). The number of nitrogens with zero attached hydrogens (tertiary/aromatic N) is 3. The lowest BCUT2D eigenvalue weighted by molar-refractivity contribution is -0.132. The van der Waals surface area contributed by atoms with Crippen molar-refractivity contribution in [2.45, 2.75) is 31.4 Å². The maximum Gasteiger partial charge on any atom is 0.253 e. The highest BCUT2D eigenvalue weighted by Gasteiger charge is 2.41. The zero-order valence-electron chi connectivity index (χ0n) is 17.4. The molecule has 0 bridgehead atoms. The number of aromatic amines is 1. The van der Waals surface area contributed by atoms with Crippen molar-refractivity contribution in [1.82, 2.24) is 19.8 Å². The molecule has 2 aromatic carbocycles. The Labute approximate surface area is 181 Å². The molecule has 0 radical (unpaired) electrons. The van der Waals surface area contributed by atoms with Gasteiger partial charge in [-0.15, -0.1) is 0 Å². The van der Waals surface area contributed by atoms with Crippen LogP contribution in [0.3, 0.4) is 0 Å². The Kier molecular flexibility index (Phi) is 5.19. The SMILES string of the molecule is O=C1CCOC2(CCN(C(=O)c3ccc4nc[nH]c4c3)CC2)CN1Cc1ccccc1. The Hall–Kier alpha value is -3.19. The molecule has 1 N–H and O–H groups in total. The molecule has 31 heavy (non-hydrogen) atoms. The first-order chi connectivity index (χ1) is 15.1. The van der Waals surface area contributed by atoms with E-state index in [-0.39, 0.29) is 17.4 Å². The average Bonchev–Trinajstić information content (AvgIpc) is 3.22. The van der Waals surface area contributed by atoms with Crippen LogP contribution in [-0.2, 0) is 16.1 Å². The van der Waals surface area contributed by atoms with Crippen LogP contribution in [0.5, 0.6) is 0 Å². The van der Waals surface area contributed by atoms with E-state index in [1.165, 1.54) is 0 Å². The third-order valence-electron chi connectivity index (χ3n) is 6.40. The number of imidazole rings is 1. The first-order valence-corrected chi connectivity index (χ1v) is 10.8. The first kappa shape index (κ1) is 19.8. The number of fused-ring (bicyclic) bond motifs is 1. The molecule has 3 aromatic rings. The zero-order chi connectivity index (χ0) is 21.3. The van der Waals surface area contributed by atoms with Crippen molar-refractivity contribution in [3.8, 4) is 0 Å². The van der Waals surface area contributed by atoms with E-state index < -0.39 is 0 Å². The van der Waals surface area contributed by atoms with Crippen molar-refractivity contribution in [3.05, 3.63) is 66.0 Å². The highest BCUT2D eigenvalue weighted by molar-refractivity contribution is 5.97. The minimum atomic E-state index is -0.384. The van der Waals surface area contributed by atoms with Gasteiger partial charge in [0.2, 0.25) is 5.91 Å². The van der Waals surface area contributed by atoms with Crippen LogP contribution in [0.1, 0.15) is 35.2 Å². The van der Waals surface area contributed by atoms with Crippen molar-refractivity contribution in [2.75, 3.05) is 26.2 Å². The Morgan fingerprint density at radius 3 is 2.74 bits per heavy atom. The number of hydrogen-bond acceptors (Lipinski definition) is 4. The summed E-state index contributed by atoms with van der Waals surface area (Å²) in [6, 6.07) is 15.6. The Bertz CT molecular complexity index is 1090. The van der Waals surface area contributed by atoms with Gasteiger partial charge in [-0.25, -0.2) is 4.98 Å². The number of amides is 2. The van der Waals surface area contributed by atoms with Gasteiger partial charge in [0.05, 0.1) is 42.5 Å². The maximum absolute atomic E-state index is 13.0. The molecule has 2 fully saturated rings. The minimum absolute atomic E-state index is 0.0252. The molecule has 2 aliphatic rings. The van der Waals surface area contributed by atoms with E-state index >= 15 is 0 Å². The van der Waals surface area contributed by atoms with Crippen LogP contribution in [0.25, 0.3) is 11.0 Å². The monoisotopic (exact) mass is 418 g/mol. The molecule has 2 aliphatic heterocycles. The number of carbonyl (C=O) groups excluding carboxylic acids is 2. The number of piperidine rings is 1.